The third-order valence-corrected chi connectivity index (χ3v) is 4.81. The van der Waals surface area contributed by atoms with Gasteiger partial charge in [-0.05, 0) is 18.1 Å². The summed E-state index contributed by atoms with van der Waals surface area (Å²) in [6.07, 6.45) is -0.0785. The van der Waals surface area contributed by atoms with Crippen molar-refractivity contribution < 1.29 is 29.1 Å². The van der Waals surface area contributed by atoms with Gasteiger partial charge in [0.2, 0.25) is 17.7 Å². The van der Waals surface area contributed by atoms with E-state index in [4.69, 9.17) is 5.73 Å². The number of carbonyl (C=O) groups excluding carboxylic acids is 4. The molecule has 11 heteroatoms. The number of carboxylic acid groups (broad SMARTS) is 1. The minimum absolute atomic E-state index is 0.239. The van der Waals surface area contributed by atoms with Crippen LogP contribution in [0.15, 0.2) is 24.3 Å². The zero-order valence-corrected chi connectivity index (χ0v) is 16.7. The largest absolute Gasteiger partial charge is 0.480 e. The quantitative estimate of drug-likeness (QED) is 0.397. The lowest BCUT2D eigenvalue weighted by Gasteiger charge is -2.32. The number of amides is 5. The highest BCUT2D eigenvalue weighted by Crippen LogP contribution is 2.29. The zero-order valence-electron chi connectivity index (χ0n) is 16.7. The highest BCUT2D eigenvalue weighted by Gasteiger charge is 2.33. The van der Waals surface area contributed by atoms with Crippen LogP contribution in [0.2, 0.25) is 0 Å². The Kier molecular flexibility index (Phi) is 7.34. The number of fused-ring (bicyclic) bond motifs is 1. The average molecular weight is 419 g/mol. The van der Waals surface area contributed by atoms with E-state index in [2.05, 4.69) is 16.0 Å². The van der Waals surface area contributed by atoms with E-state index in [9.17, 15) is 29.1 Å². The molecule has 0 aliphatic carbocycles. The summed E-state index contributed by atoms with van der Waals surface area (Å²) in [6, 6.07) is 3.43. The molecule has 5 amide bonds. The molecule has 11 nitrogen and oxygen atoms in total. The van der Waals surface area contributed by atoms with Crippen molar-refractivity contribution in [1.29, 1.82) is 0 Å². The van der Waals surface area contributed by atoms with E-state index in [1.54, 1.807) is 38.1 Å². The second-order valence-corrected chi connectivity index (χ2v) is 7.03. The summed E-state index contributed by atoms with van der Waals surface area (Å²) in [5.41, 5.74) is 5.96. The highest BCUT2D eigenvalue weighted by molar-refractivity contribution is 6.10. The van der Waals surface area contributed by atoms with Crippen molar-refractivity contribution in [2.75, 3.05) is 16.8 Å². The number of urea groups is 1. The summed E-state index contributed by atoms with van der Waals surface area (Å²) in [6.45, 7) is 3.28. The molecule has 0 aromatic heterocycles. The third-order valence-electron chi connectivity index (χ3n) is 4.81. The van der Waals surface area contributed by atoms with Crippen LogP contribution in [-0.4, -0.2) is 53.5 Å². The number of nitrogens with one attached hydrogen (secondary N) is 3. The molecule has 0 bridgehead atoms. The van der Waals surface area contributed by atoms with E-state index >= 15 is 0 Å². The van der Waals surface area contributed by atoms with Gasteiger partial charge in [0.15, 0.2) is 0 Å². The number of nitrogens with zero attached hydrogens (tertiary/aromatic N) is 1. The van der Waals surface area contributed by atoms with Crippen LogP contribution in [0.25, 0.3) is 0 Å². The summed E-state index contributed by atoms with van der Waals surface area (Å²) in [7, 11) is 0. The summed E-state index contributed by atoms with van der Waals surface area (Å²) >= 11 is 0. The Labute approximate surface area is 173 Å². The molecular weight excluding hydrogens is 394 g/mol. The molecule has 1 aromatic carbocycles. The van der Waals surface area contributed by atoms with Gasteiger partial charge in [0.05, 0.1) is 17.8 Å². The number of hydrogen-bond donors (Lipinski definition) is 5. The van der Waals surface area contributed by atoms with Crippen molar-refractivity contribution in [3.8, 4) is 0 Å². The molecule has 0 saturated carbocycles. The lowest BCUT2D eigenvalue weighted by atomic mass is 9.98. The van der Waals surface area contributed by atoms with Gasteiger partial charge in [0, 0.05) is 0 Å². The summed E-state index contributed by atoms with van der Waals surface area (Å²) in [5.74, 6) is -3.81. The number of carboxylic acids is 1. The predicted molar refractivity (Wildman–Crippen MR) is 108 cm³/mol. The van der Waals surface area contributed by atoms with Crippen LogP contribution in [0.3, 0.4) is 0 Å². The topological polar surface area (TPSA) is 171 Å². The Morgan fingerprint density at radius 3 is 2.50 bits per heavy atom. The molecule has 162 valence electrons. The first-order valence-corrected chi connectivity index (χ1v) is 9.42. The molecule has 2 rings (SSSR count). The van der Waals surface area contributed by atoms with Gasteiger partial charge in [-0.1, -0.05) is 32.4 Å². The number of hydrogen-bond acceptors (Lipinski definition) is 5. The molecule has 1 unspecified atom stereocenters. The van der Waals surface area contributed by atoms with Crippen molar-refractivity contribution >= 4 is 41.1 Å². The first kappa shape index (κ1) is 22.7. The maximum Gasteiger partial charge on any atom is 0.326 e. The Bertz CT molecular complexity index is 858. The van der Waals surface area contributed by atoms with Crippen LogP contribution in [-0.2, 0) is 19.2 Å². The number of anilines is 2. The van der Waals surface area contributed by atoms with Crippen LogP contribution in [0.1, 0.15) is 26.7 Å². The molecule has 1 aliphatic rings. The Balaban J connectivity index is 2.21. The molecule has 0 spiro atoms. The van der Waals surface area contributed by atoms with Gasteiger partial charge < -0.3 is 26.8 Å². The number of carbonyl (C=O) groups is 5. The molecule has 0 saturated heterocycles. The van der Waals surface area contributed by atoms with Gasteiger partial charge in [-0.25, -0.2) is 9.59 Å². The lowest BCUT2D eigenvalue weighted by molar-refractivity contribution is -0.143. The fraction of sp³-hybridized carbons (Fsp3) is 0.421. The first-order valence-electron chi connectivity index (χ1n) is 9.42. The fourth-order valence-electron chi connectivity index (χ4n) is 2.99. The standard InChI is InChI=1S/C19H25N5O6/c1-3-10(2)16(17(27)22-12(18(28)29)8-14(20)25)23-19(30)24-9-15(26)21-11-6-4-5-7-13(11)24/h4-7,10,12,16H,3,8-9H2,1-2H3,(H2,20,25)(H,21,26)(H,22,27)(H,23,30)(H,28,29)/t10?,12-,16-/m0/s1. The zero-order chi connectivity index (χ0) is 22.4. The highest BCUT2D eigenvalue weighted by atomic mass is 16.4. The van der Waals surface area contributed by atoms with Gasteiger partial charge in [0.25, 0.3) is 0 Å². The third kappa shape index (κ3) is 5.46. The Hall–Kier alpha value is -3.63. The lowest BCUT2D eigenvalue weighted by Crippen LogP contribution is -2.58. The monoisotopic (exact) mass is 419 g/mol. The average Bonchev–Trinajstić information content (AvgIpc) is 2.69. The minimum Gasteiger partial charge on any atom is -0.480 e. The molecule has 1 aromatic rings. The first-order chi connectivity index (χ1) is 14.1. The second kappa shape index (κ2) is 9.72. The molecule has 0 radical (unpaired) electrons. The van der Waals surface area contributed by atoms with Gasteiger partial charge in [-0.15, -0.1) is 0 Å². The second-order valence-electron chi connectivity index (χ2n) is 7.03. The van der Waals surface area contributed by atoms with Gasteiger partial charge in [-0.3, -0.25) is 19.3 Å². The minimum atomic E-state index is -1.51. The number of benzene rings is 1. The summed E-state index contributed by atoms with van der Waals surface area (Å²) < 4.78 is 0. The number of rotatable bonds is 8. The Morgan fingerprint density at radius 2 is 1.90 bits per heavy atom. The van der Waals surface area contributed by atoms with Gasteiger partial charge in [-0.2, -0.15) is 0 Å². The molecule has 1 heterocycles. The van der Waals surface area contributed by atoms with Crippen LogP contribution in [0.4, 0.5) is 16.2 Å². The van der Waals surface area contributed by atoms with Crippen molar-refractivity contribution in [3.05, 3.63) is 24.3 Å². The number of aliphatic carboxylic acids is 1. The molecule has 30 heavy (non-hydrogen) atoms. The van der Waals surface area contributed by atoms with E-state index in [1.165, 1.54) is 4.90 Å². The molecule has 1 aliphatic heterocycles. The number of nitrogens with two attached hydrogens (primary N) is 1. The summed E-state index contributed by atoms with van der Waals surface area (Å²) in [5, 5.41) is 16.7. The molecular formula is C19H25N5O6. The van der Waals surface area contributed by atoms with Crippen LogP contribution < -0.4 is 26.6 Å². The molecule has 3 atom stereocenters. The van der Waals surface area contributed by atoms with E-state index in [0.29, 0.717) is 17.8 Å². The smallest absolute Gasteiger partial charge is 0.326 e. The SMILES string of the molecule is CCC(C)[C@H](NC(=O)N1CC(=O)Nc2ccccc21)C(=O)N[C@@H](CC(N)=O)C(=O)O. The van der Waals surface area contributed by atoms with E-state index in [0.717, 1.165) is 0 Å². The van der Waals surface area contributed by atoms with Crippen molar-refractivity contribution in [2.24, 2.45) is 11.7 Å². The molecule has 6 N–H and O–H groups in total. The Morgan fingerprint density at radius 1 is 1.23 bits per heavy atom. The van der Waals surface area contributed by atoms with E-state index in [-0.39, 0.29) is 18.4 Å². The van der Waals surface area contributed by atoms with Crippen molar-refractivity contribution in [3.63, 3.8) is 0 Å². The fourth-order valence-corrected chi connectivity index (χ4v) is 2.99. The maximum atomic E-state index is 12.9. The number of para-hydroxylation sites is 2. The van der Waals surface area contributed by atoms with Crippen LogP contribution >= 0.6 is 0 Å². The van der Waals surface area contributed by atoms with Crippen LogP contribution in [0, 0.1) is 5.92 Å². The van der Waals surface area contributed by atoms with E-state index < -0.39 is 42.3 Å². The van der Waals surface area contributed by atoms with E-state index in [1.807, 2.05) is 0 Å². The number of primary amides is 1. The summed E-state index contributed by atoms with van der Waals surface area (Å²) in [4.78, 5) is 61.2. The van der Waals surface area contributed by atoms with Crippen molar-refractivity contribution in [2.45, 2.75) is 38.8 Å². The van der Waals surface area contributed by atoms with Crippen LogP contribution in [0.5, 0.6) is 0 Å². The van der Waals surface area contributed by atoms with Gasteiger partial charge >= 0.3 is 12.0 Å². The normalized spacial score (nSPS) is 15.8. The maximum absolute atomic E-state index is 12.9. The predicted octanol–water partition coefficient (Wildman–Crippen LogP) is 0.0142. The van der Waals surface area contributed by atoms with Crippen molar-refractivity contribution in [1.82, 2.24) is 10.6 Å². The van der Waals surface area contributed by atoms with Gasteiger partial charge in [0.1, 0.15) is 18.6 Å². The molecule has 0 fully saturated rings.